The van der Waals surface area contributed by atoms with Gasteiger partial charge in [0, 0.05) is 5.75 Å². The van der Waals surface area contributed by atoms with Crippen molar-refractivity contribution in [2.45, 2.75) is 13.0 Å². The van der Waals surface area contributed by atoms with E-state index in [1.165, 1.54) is 6.92 Å². The average Bonchev–Trinajstić information content (AvgIpc) is 2.71. The van der Waals surface area contributed by atoms with Crippen molar-refractivity contribution in [2.75, 3.05) is 18.6 Å². The summed E-state index contributed by atoms with van der Waals surface area (Å²) >= 11 is 1.55. The van der Waals surface area contributed by atoms with E-state index in [4.69, 9.17) is 4.74 Å². The number of ether oxygens (including phenoxy) is 1. The minimum atomic E-state index is -0.913. The predicted octanol–water partition coefficient (Wildman–Crippen LogP) is 1.58. The van der Waals surface area contributed by atoms with Crippen molar-refractivity contribution in [1.82, 2.24) is 4.90 Å². The van der Waals surface area contributed by atoms with Gasteiger partial charge in [-0.1, -0.05) is 12.1 Å². The van der Waals surface area contributed by atoms with Gasteiger partial charge in [0.2, 0.25) is 0 Å². The average molecular weight is 293 g/mol. The normalized spacial score (nSPS) is 15.2. The number of carbonyl (C=O) groups excluding carboxylic acids is 3. The summed E-state index contributed by atoms with van der Waals surface area (Å²) in [6, 6.07) is 5.64. The van der Waals surface area contributed by atoms with E-state index < -0.39 is 23.8 Å². The molecule has 1 aliphatic heterocycles. The van der Waals surface area contributed by atoms with Crippen molar-refractivity contribution >= 4 is 29.5 Å². The van der Waals surface area contributed by atoms with E-state index in [2.05, 4.69) is 0 Å². The van der Waals surface area contributed by atoms with Crippen LogP contribution in [-0.2, 0) is 9.53 Å². The number of amides is 2. The van der Waals surface area contributed by atoms with Crippen molar-refractivity contribution in [3.05, 3.63) is 35.4 Å². The molecule has 0 aliphatic carbocycles. The Kier molecular flexibility index (Phi) is 4.44. The molecule has 1 atom stereocenters. The number of thioether (sulfide) groups is 1. The lowest BCUT2D eigenvalue weighted by molar-refractivity contribution is -0.147. The molecule has 1 aromatic rings. The van der Waals surface area contributed by atoms with Crippen LogP contribution in [0.15, 0.2) is 24.3 Å². The maximum Gasteiger partial charge on any atom is 0.329 e. The van der Waals surface area contributed by atoms with Gasteiger partial charge >= 0.3 is 5.97 Å². The largest absolute Gasteiger partial charge is 0.463 e. The summed E-state index contributed by atoms with van der Waals surface area (Å²) in [6.45, 7) is 1.77. The lowest BCUT2D eigenvalue weighted by Crippen LogP contribution is -2.43. The Bertz CT molecular complexity index is 523. The number of hydrogen-bond acceptors (Lipinski definition) is 5. The number of hydrogen-bond donors (Lipinski definition) is 0. The van der Waals surface area contributed by atoms with Crippen LogP contribution in [0.1, 0.15) is 27.6 Å². The molecule has 2 amide bonds. The summed E-state index contributed by atoms with van der Waals surface area (Å²) in [6.07, 6.45) is 1.90. The molecule has 2 rings (SSSR count). The van der Waals surface area contributed by atoms with Gasteiger partial charge in [0.1, 0.15) is 12.6 Å². The van der Waals surface area contributed by atoms with Gasteiger partial charge in [-0.15, -0.1) is 0 Å². The molecular formula is C14H15NO4S. The summed E-state index contributed by atoms with van der Waals surface area (Å²) in [5.41, 5.74) is 0.669. The van der Waals surface area contributed by atoms with Crippen LogP contribution in [0.5, 0.6) is 0 Å². The third-order valence-corrected chi connectivity index (χ3v) is 3.66. The first-order valence-electron chi connectivity index (χ1n) is 6.20. The van der Waals surface area contributed by atoms with Gasteiger partial charge in [-0.2, -0.15) is 11.8 Å². The minimum absolute atomic E-state index is 0.271. The second kappa shape index (κ2) is 6.09. The lowest BCUT2D eigenvalue weighted by atomic mass is 10.1. The highest BCUT2D eigenvalue weighted by atomic mass is 32.2. The molecule has 5 nitrogen and oxygen atoms in total. The molecule has 1 aromatic carbocycles. The molecule has 0 saturated carbocycles. The maximum absolute atomic E-state index is 12.2. The topological polar surface area (TPSA) is 63.7 Å². The predicted molar refractivity (Wildman–Crippen MR) is 75.7 cm³/mol. The van der Waals surface area contributed by atoms with Crippen LogP contribution in [0, 0.1) is 0 Å². The van der Waals surface area contributed by atoms with Crippen molar-refractivity contribution in [3.63, 3.8) is 0 Å². The Morgan fingerprint density at radius 1 is 1.25 bits per heavy atom. The molecule has 1 unspecified atom stereocenters. The Hall–Kier alpha value is -1.82. The Labute approximate surface area is 121 Å². The van der Waals surface area contributed by atoms with Crippen molar-refractivity contribution in [3.8, 4) is 0 Å². The summed E-state index contributed by atoms with van der Waals surface area (Å²) in [7, 11) is 0. The van der Waals surface area contributed by atoms with Crippen LogP contribution in [0.2, 0.25) is 0 Å². The van der Waals surface area contributed by atoms with Gasteiger partial charge in [-0.05, 0) is 25.3 Å². The smallest absolute Gasteiger partial charge is 0.329 e. The number of nitrogens with zero attached hydrogens (tertiary/aromatic N) is 1. The zero-order chi connectivity index (χ0) is 14.7. The van der Waals surface area contributed by atoms with E-state index in [9.17, 15) is 14.4 Å². The van der Waals surface area contributed by atoms with Gasteiger partial charge in [0.05, 0.1) is 11.1 Å². The summed E-state index contributed by atoms with van der Waals surface area (Å²) in [5.74, 6) is -0.769. The molecule has 106 valence electrons. The lowest BCUT2D eigenvalue weighted by Gasteiger charge is -2.20. The molecule has 0 bridgehead atoms. The standard InChI is InChI=1S/C14H15NO4S/c1-9(14(18)19-7-8-20-2)15-12(16)10-5-3-4-6-11(10)13(15)17/h3-6,9H,7-8H2,1-2H3. The van der Waals surface area contributed by atoms with Crippen LogP contribution in [0.25, 0.3) is 0 Å². The van der Waals surface area contributed by atoms with E-state index >= 15 is 0 Å². The highest BCUT2D eigenvalue weighted by Crippen LogP contribution is 2.24. The molecule has 6 heteroatoms. The second-order valence-electron chi connectivity index (χ2n) is 4.36. The molecule has 0 saturated heterocycles. The van der Waals surface area contributed by atoms with Crippen molar-refractivity contribution in [1.29, 1.82) is 0 Å². The van der Waals surface area contributed by atoms with E-state index in [-0.39, 0.29) is 6.61 Å². The monoisotopic (exact) mass is 293 g/mol. The molecule has 0 radical (unpaired) electrons. The Morgan fingerprint density at radius 3 is 2.30 bits per heavy atom. The molecular weight excluding hydrogens is 278 g/mol. The second-order valence-corrected chi connectivity index (χ2v) is 5.35. The van der Waals surface area contributed by atoms with Gasteiger partial charge in [-0.3, -0.25) is 14.5 Å². The molecule has 0 N–H and O–H groups in total. The zero-order valence-corrected chi connectivity index (χ0v) is 12.1. The van der Waals surface area contributed by atoms with Crippen LogP contribution >= 0.6 is 11.8 Å². The van der Waals surface area contributed by atoms with E-state index in [1.54, 1.807) is 36.0 Å². The third kappa shape index (κ3) is 2.56. The van der Waals surface area contributed by atoms with Crippen LogP contribution in [0.3, 0.4) is 0 Å². The van der Waals surface area contributed by atoms with Gasteiger partial charge in [0.15, 0.2) is 0 Å². The highest BCUT2D eigenvalue weighted by Gasteiger charge is 2.41. The number of carbonyl (C=O) groups is 3. The molecule has 20 heavy (non-hydrogen) atoms. The molecule has 0 fully saturated rings. The van der Waals surface area contributed by atoms with E-state index in [1.807, 2.05) is 6.26 Å². The first kappa shape index (κ1) is 14.6. The number of benzene rings is 1. The molecule has 0 aromatic heterocycles. The third-order valence-electron chi connectivity index (χ3n) is 3.09. The van der Waals surface area contributed by atoms with Crippen LogP contribution in [0.4, 0.5) is 0 Å². The van der Waals surface area contributed by atoms with Gasteiger partial charge < -0.3 is 4.74 Å². The number of rotatable bonds is 5. The highest BCUT2D eigenvalue weighted by molar-refractivity contribution is 7.98. The maximum atomic E-state index is 12.2. The number of imide groups is 1. The van der Waals surface area contributed by atoms with E-state index in [0.717, 1.165) is 4.90 Å². The fourth-order valence-corrected chi connectivity index (χ4v) is 2.26. The Morgan fingerprint density at radius 2 is 1.80 bits per heavy atom. The summed E-state index contributed by atoms with van der Waals surface area (Å²) in [4.78, 5) is 37.2. The van der Waals surface area contributed by atoms with Crippen molar-refractivity contribution in [2.24, 2.45) is 0 Å². The summed E-state index contributed by atoms with van der Waals surface area (Å²) < 4.78 is 5.05. The fraction of sp³-hybridized carbons (Fsp3) is 0.357. The van der Waals surface area contributed by atoms with E-state index in [0.29, 0.717) is 16.9 Å². The molecule has 0 spiro atoms. The SMILES string of the molecule is CSCCOC(=O)C(C)N1C(=O)c2ccccc2C1=O. The van der Waals surface area contributed by atoms with Gasteiger partial charge in [0.25, 0.3) is 11.8 Å². The minimum Gasteiger partial charge on any atom is -0.463 e. The van der Waals surface area contributed by atoms with Crippen LogP contribution in [-0.4, -0.2) is 47.3 Å². The summed E-state index contributed by atoms with van der Waals surface area (Å²) in [5, 5.41) is 0. The fourth-order valence-electron chi connectivity index (χ4n) is 2.01. The zero-order valence-electron chi connectivity index (χ0n) is 11.3. The Balaban J connectivity index is 2.13. The van der Waals surface area contributed by atoms with Gasteiger partial charge in [-0.25, -0.2) is 4.79 Å². The first-order valence-corrected chi connectivity index (χ1v) is 7.59. The quantitative estimate of drug-likeness (QED) is 0.468. The van der Waals surface area contributed by atoms with Crippen molar-refractivity contribution < 1.29 is 19.1 Å². The molecule has 1 aliphatic rings. The number of fused-ring (bicyclic) bond motifs is 1. The molecule has 1 heterocycles. The number of esters is 1. The van der Waals surface area contributed by atoms with Crippen LogP contribution < -0.4 is 0 Å². The first-order chi connectivity index (χ1) is 9.57.